The smallest absolute Gasteiger partial charge is 0.146 e. The number of anilines is 1. The van der Waals surface area contributed by atoms with E-state index in [1.165, 1.54) is 24.3 Å². The minimum absolute atomic E-state index is 0.198. The molecular formula is C14H9ClF2N2. The van der Waals surface area contributed by atoms with Crippen molar-refractivity contribution in [3.05, 3.63) is 64.2 Å². The van der Waals surface area contributed by atoms with E-state index in [1.807, 2.05) is 6.07 Å². The molecule has 0 radical (unpaired) electrons. The molecule has 0 spiro atoms. The molecule has 0 saturated carbocycles. The fourth-order valence-corrected chi connectivity index (χ4v) is 1.82. The molecular weight excluding hydrogens is 270 g/mol. The zero-order valence-corrected chi connectivity index (χ0v) is 10.5. The van der Waals surface area contributed by atoms with E-state index in [4.69, 9.17) is 16.9 Å². The van der Waals surface area contributed by atoms with Gasteiger partial charge in [0.15, 0.2) is 0 Å². The Morgan fingerprint density at radius 2 is 1.95 bits per heavy atom. The summed E-state index contributed by atoms with van der Waals surface area (Å²) in [6.07, 6.45) is 0. The van der Waals surface area contributed by atoms with Crippen molar-refractivity contribution >= 4 is 17.3 Å². The Labute approximate surface area is 114 Å². The standard InChI is InChI=1S/C14H9ClF2N2/c15-11-1-2-13(17)14(6-11)19-8-10-3-9(7-18)4-12(16)5-10/h1-6,19H,8H2. The van der Waals surface area contributed by atoms with Gasteiger partial charge in [0.25, 0.3) is 0 Å². The van der Waals surface area contributed by atoms with Gasteiger partial charge in [-0.15, -0.1) is 0 Å². The molecule has 5 heteroatoms. The molecule has 0 unspecified atom stereocenters. The molecule has 0 amide bonds. The van der Waals surface area contributed by atoms with Gasteiger partial charge in [-0.25, -0.2) is 8.78 Å². The molecule has 0 aliphatic carbocycles. The number of rotatable bonds is 3. The predicted octanol–water partition coefficient (Wildman–Crippen LogP) is 4.10. The molecule has 96 valence electrons. The van der Waals surface area contributed by atoms with Crippen LogP contribution in [-0.2, 0) is 6.54 Å². The molecule has 2 aromatic rings. The summed E-state index contributed by atoms with van der Waals surface area (Å²) in [7, 11) is 0. The summed E-state index contributed by atoms with van der Waals surface area (Å²) in [5.74, 6) is -0.941. The Kier molecular flexibility index (Phi) is 3.98. The fourth-order valence-electron chi connectivity index (χ4n) is 1.65. The first kappa shape index (κ1) is 13.3. The van der Waals surface area contributed by atoms with E-state index in [1.54, 1.807) is 6.07 Å². The second-order valence-corrected chi connectivity index (χ2v) is 4.37. The average molecular weight is 279 g/mol. The van der Waals surface area contributed by atoms with Crippen LogP contribution in [0.2, 0.25) is 5.02 Å². The minimum Gasteiger partial charge on any atom is -0.379 e. The highest BCUT2D eigenvalue weighted by Crippen LogP contribution is 2.20. The predicted molar refractivity (Wildman–Crippen MR) is 69.9 cm³/mol. The Hall–Kier alpha value is -2.12. The number of nitriles is 1. The third kappa shape index (κ3) is 3.43. The van der Waals surface area contributed by atoms with Gasteiger partial charge in [-0.1, -0.05) is 11.6 Å². The van der Waals surface area contributed by atoms with Gasteiger partial charge in [-0.05, 0) is 42.0 Å². The number of benzene rings is 2. The molecule has 19 heavy (non-hydrogen) atoms. The van der Waals surface area contributed by atoms with Gasteiger partial charge >= 0.3 is 0 Å². The monoisotopic (exact) mass is 278 g/mol. The van der Waals surface area contributed by atoms with E-state index in [0.29, 0.717) is 10.6 Å². The van der Waals surface area contributed by atoms with Crippen molar-refractivity contribution in [1.29, 1.82) is 5.26 Å². The van der Waals surface area contributed by atoms with Crippen molar-refractivity contribution in [3.63, 3.8) is 0 Å². The number of hydrogen-bond acceptors (Lipinski definition) is 2. The highest BCUT2D eigenvalue weighted by atomic mass is 35.5. The lowest BCUT2D eigenvalue weighted by molar-refractivity contribution is 0.624. The van der Waals surface area contributed by atoms with Crippen LogP contribution in [0, 0.1) is 23.0 Å². The van der Waals surface area contributed by atoms with Crippen molar-refractivity contribution in [2.75, 3.05) is 5.32 Å². The van der Waals surface area contributed by atoms with Crippen LogP contribution in [0.1, 0.15) is 11.1 Å². The molecule has 0 saturated heterocycles. The summed E-state index contributed by atoms with van der Waals surface area (Å²) in [5.41, 5.74) is 1.01. The highest BCUT2D eigenvalue weighted by Gasteiger charge is 2.04. The molecule has 2 nitrogen and oxygen atoms in total. The minimum atomic E-state index is -0.498. The lowest BCUT2D eigenvalue weighted by atomic mass is 10.1. The molecule has 0 aliphatic rings. The zero-order chi connectivity index (χ0) is 13.8. The molecule has 0 bridgehead atoms. The van der Waals surface area contributed by atoms with Gasteiger partial charge in [0.1, 0.15) is 11.6 Å². The van der Waals surface area contributed by atoms with Crippen molar-refractivity contribution < 1.29 is 8.78 Å². The molecule has 1 N–H and O–H groups in total. The Bertz CT molecular complexity index is 650. The highest BCUT2D eigenvalue weighted by molar-refractivity contribution is 6.30. The van der Waals surface area contributed by atoms with Gasteiger partial charge in [0.2, 0.25) is 0 Å². The van der Waals surface area contributed by atoms with Gasteiger partial charge in [-0.2, -0.15) is 5.26 Å². The number of nitrogens with one attached hydrogen (secondary N) is 1. The number of nitrogens with zero attached hydrogens (tertiary/aromatic N) is 1. The lowest BCUT2D eigenvalue weighted by Gasteiger charge is -2.08. The van der Waals surface area contributed by atoms with Gasteiger partial charge in [0.05, 0.1) is 17.3 Å². The van der Waals surface area contributed by atoms with Crippen LogP contribution in [0.3, 0.4) is 0 Å². The summed E-state index contributed by atoms with van der Waals surface area (Å²) < 4.78 is 26.7. The first-order chi connectivity index (χ1) is 9.08. The van der Waals surface area contributed by atoms with E-state index in [9.17, 15) is 8.78 Å². The lowest BCUT2D eigenvalue weighted by Crippen LogP contribution is -2.02. The van der Waals surface area contributed by atoms with Crippen LogP contribution in [0.5, 0.6) is 0 Å². The van der Waals surface area contributed by atoms with Crippen molar-refractivity contribution in [3.8, 4) is 6.07 Å². The van der Waals surface area contributed by atoms with Gasteiger partial charge < -0.3 is 5.32 Å². The van der Waals surface area contributed by atoms with Crippen molar-refractivity contribution in [2.45, 2.75) is 6.54 Å². The zero-order valence-electron chi connectivity index (χ0n) is 9.75. The topological polar surface area (TPSA) is 35.8 Å². The van der Waals surface area contributed by atoms with Crippen molar-refractivity contribution in [1.82, 2.24) is 0 Å². The SMILES string of the molecule is N#Cc1cc(F)cc(CNc2cc(Cl)ccc2F)c1. The molecule has 2 rings (SSSR count). The first-order valence-electron chi connectivity index (χ1n) is 5.47. The molecule has 0 aliphatic heterocycles. The van der Waals surface area contributed by atoms with E-state index < -0.39 is 11.6 Å². The van der Waals surface area contributed by atoms with Gasteiger partial charge in [-0.3, -0.25) is 0 Å². The summed E-state index contributed by atoms with van der Waals surface area (Å²) in [6.45, 7) is 0.198. The van der Waals surface area contributed by atoms with Crippen LogP contribution >= 0.6 is 11.6 Å². The van der Waals surface area contributed by atoms with E-state index >= 15 is 0 Å². The van der Waals surface area contributed by atoms with E-state index in [-0.39, 0.29) is 17.8 Å². The Morgan fingerprint density at radius 1 is 1.16 bits per heavy atom. The van der Waals surface area contributed by atoms with Crippen LogP contribution < -0.4 is 5.32 Å². The quantitative estimate of drug-likeness (QED) is 0.917. The van der Waals surface area contributed by atoms with Crippen molar-refractivity contribution in [2.24, 2.45) is 0 Å². The van der Waals surface area contributed by atoms with E-state index in [2.05, 4.69) is 5.32 Å². The van der Waals surface area contributed by atoms with E-state index in [0.717, 1.165) is 6.07 Å². The molecule has 2 aromatic carbocycles. The third-order valence-corrected chi connectivity index (χ3v) is 2.73. The summed E-state index contributed by atoms with van der Waals surface area (Å²) in [6, 6.07) is 9.97. The molecule has 0 fully saturated rings. The summed E-state index contributed by atoms with van der Waals surface area (Å²) in [5, 5.41) is 12.0. The molecule has 0 atom stereocenters. The van der Waals surface area contributed by atoms with Crippen LogP contribution in [0.4, 0.5) is 14.5 Å². The maximum atomic E-state index is 13.4. The molecule has 0 heterocycles. The number of hydrogen-bond donors (Lipinski definition) is 1. The maximum absolute atomic E-state index is 13.4. The maximum Gasteiger partial charge on any atom is 0.146 e. The van der Waals surface area contributed by atoms with Crippen LogP contribution in [0.15, 0.2) is 36.4 Å². The fraction of sp³-hybridized carbons (Fsp3) is 0.0714. The Balaban J connectivity index is 2.17. The molecule has 0 aromatic heterocycles. The third-order valence-electron chi connectivity index (χ3n) is 2.50. The second-order valence-electron chi connectivity index (χ2n) is 3.94. The average Bonchev–Trinajstić information content (AvgIpc) is 2.39. The summed E-state index contributed by atoms with van der Waals surface area (Å²) >= 11 is 5.76. The summed E-state index contributed by atoms with van der Waals surface area (Å²) in [4.78, 5) is 0. The Morgan fingerprint density at radius 3 is 2.68 bits per heavy atom. The number of halogens is 3. The first-order valence-corrected chi connectivity index (χ1v) is 5.85. The normalized spacial score (nSPS) is 10.0. The van der Waals surface area contributed by atoms with Crippen LogP contribution in [-0.4, -0.2) is 0 Å². The largest absolute Gasteiger partial charge is 0.379 e. The van der Waals surface area contributed by atoms with Crippen LogP contribution in [0.25, 0.3) is 0 Å². The van der Waals surface area contributed by atoms with Gasteiger partial charge in [0, 0.05) is 11.6 Å². The second kappa shape index (κ2) is 5.68.